The van der Waals surface area contributed by atoms with Crippen molar-refractivity contribution < 1.29 is 14.3 Å². The van der Waals surface area contributed by atoms with E-state index in [9.17, 15) is 9.59 Å². The van der Waals surface area contributed by atoms with Crippen LogP contribution in [0.25, 0.3) is 10.9 Å². The molecule has 150 valence electrons. The zero-order valence-electron chi connectivity index (χ0n) is 16.2. The number of hydrogen-bond donors (Lipinski definition) is 1. The number of thioether (sulfide) groups is 1. The fraction of sp³-hybridized carbons (Fsp3) is 0.286. The summed E-state index contributed by atoms with van der Waals surface area (Å²) in [4.78, 5) is 30.2. The van der Waals surface area contributed by atoms with Crippen molar-refractivity contribution in [2.75, 3.05) is 12.1 Å². The van der Waals surface area contributed by atoms with E-state index in [2.05, 4.69) is 10.3 Å². The van der Waals surface area contributed by atoms with Crippen molar-refractivity contribution in [2.45, 2.75) is 37.2 Å². The number of amides is 1. The summed E-state index contributed by atoms with van der Waals surface area (Å²) in [5, 5.41) is 3.57. The van der Waals surface area contributed by atoms with Crippen LogP contribution in [-0.4, -0.2) is 27.5 Å². The Morgan fingerprint density at radius 3 is 2.86 bits per heavy atom. The average Bonchev–Trinajstić information content (AvgIpc) is 3.18. The fourth-order valence-corrected chi connectivity index (χ4v) is 4.02. The normalized spacial score (nSPS) is 13.4. The Morgan fingerprint density at radius 1 is 1.24 bits per heavy atom. The summed E-state index contributed by atoms with van der Waals surface area (Å²) in [6.07, 6.45) is 0.797. The van der Waals surface area contributed by atoms with E-state index in [1.54, 1.807) is 35.8 Å². The number of rotatable bonds is 6. The Morgan fingerprint density at radius 2 is 2.03 bits per heavy atom. The molecule has 4 rings (SSSR count). The number of ether oxygens (including phenoxy) is 2. The molecule has 0 saturated heterocycles. The van der Waals surface area contributed by atoms with Gasteiger partial charge in [0.15, 0.2) is 16.7 Å². The van der Waals surface area contributed by atoms with Crippen molar-refractivity contribution in [1.82, 2.24) is 9.55 Å². The minimum atomic E-state index is -0.448. The monoisotopic (exact) mass is 411 g/mol. The summed E-state index contributed by atoms with van der Waals surface area (Å²) < 4.78 is 12.3. The number of carbonyl (C=O) groups excluding carboxylic acids is 1. The number of nitrogens with zero attached hydrogens (tertiary/aromatic N) is 2. The molecule has 1 aliphatic heterocycles. The molecule has 8 heteroatoms. The largest absolute Gasteiger partial charge is 0.454 e. The first-order valence-electron chi connectivity index (χ1n) is 9.43. The topological polar surface area (TPSA) is 82.5 Å². The molecule has 0 bridgehead atoms. The van der Waals surface area contributed by atoms with Crippen LogP contribution < -0.4 is 20.3 Å². The molecule has 0 spiro atoms. The molecule has 1 N–H and O–H groups in total. The number of anilines is 1. The SMILES string of the molecule is CCCn1c(S[C@@H](C)C(=O)Nc2ccc3c(c2)OCO3)nc2ccccc2c1=O. The number of aromatic nitrogens is 2. The number of para-hydroxylation sites is 1. The molecule has 2 heterocycles. The number of fused-ring (bicyclic) bond motifs is 2. The van der Waals surface area contributed by atoms with E-state index in [1.807, 2.05) is 25.1 Å². The number of hydrogen-bond acceptors (Lipinski definition) is 6. The second-order valence-electron chi connectivity index (χ2n) is 6.69. The summed E-state index contributed by atoms with van der Waals surface area (Å²) >= 11 is 1.28. The van der Waals surface area contributed by atoms with Gasteiger partial charge in [0.1, 0.15) is 0 Å². The van der Waals surface area contributed by atoms with Crippen LogP contribution in [0, 0.1) is 0 Å². The zero-order chi connectivity index (χ0) is 20.4. The third-order valence-electron chi connectivity index (χ3n) is 4.57. The number of nitrogens with one attached hydrogen (secondary N) is 1. The molecule has 0 fully saturated rings. The van der Waals surface area contributed by atoms with E-state index in [4.69, 9.17) is 9.47 Å². The van der Waals surface area contributed by atoms with Gasteiger partial charge in [0, 0.05) is 18.3 Å². The molecule has 1 aromatic heterocycles. The highest BCUT2D eigenvalue weighted by atomic mass is 32.2. The van der Waals surface area contributed by atoms with Crippen LogP contribution in [-0.2, 0) is 11.3 Å². The lowest BCUT2D eigenvalue weighted by Crippen LogP contribution is -2.27. The second kappa shape index (κ2) is 8.16. The highest BCUT2D eigenvalue weighted by molar-refractivity contribution is 8.00. The predicted octanol–water partition coefficient (Wildman–Crippen LogP) is 3.65. The van der Waals surface area contributed by atoms with E-state index in [0.29, 0.717) is 39.8 Å². The fourth-order valence-electron chi connectivity index (χ4n) is 3.09. The van der Waals surface area contributed by atoms with Crippen LogP contribution in [0.3, 0.4) is 0 Å². The Hall–Kier alpha value is -3.00. The smallest absolute Gasteiger partial charge is 0.262 e. The van der Waals surface area contributed by atoms with Crippen LogP contribution in [0.15, 0.2) is 52.4 Å². The lowest BCUT2D eigenvalue weighted by molar-refractivity contribution is -0.115. The molecule has 2 aromatic carbocycles. The van der Waals surface area contributed by atoms with E-state index in [-0.39, 0.29) is 18.3 Å². The van der Waals surface area contributed by atoms with Crippen molar-refractivity contribution in [1.29, 1.82) is 0 Å². The molecule has 1 aliphatic rings. The third kappa shape index (κ3) is 3.93. The van der Waals surface area contributed by atoms with Crippen molar-refractivity contribution >= 4 is 34.3 Å². The van der Waals surface area contributed by atoms with E-state index in [1.165, 1.54) is 11.8 Å². The Kier molecular flexibility index (Phi) is 5.44. The van der Waals surface area contributed by atoms with Crippen molar-refractivity contribution in [3.05, 3.63) is 52.8 Å². The van der Waals surface area contributed by atoms with Crippen LogP contribution in [0.4, 0.5) is 5.69 Å². The quantitative estimate of drug-likeness (QED) is 0.492. The summed E-state index contributed by atoms with van der Waals surface area (Å²) in [5.41, 5.74) is 1.18. The zero-order valence-corrected chi connectivity index (χ0v) is 17.0. The summed E-state index contributed by atoms with van der Waals surface area (Å²) in [6, 6.07) is 12.5. The van der Waals surface area contributed by atoms with Gasteiger partial charge in [0.05, 0.1) is 16.2 Å². The lowest BCUT2D eigenvalue weighted by Gasteiger charge is -2.16. The molecular formula is C21H21N3O4S. The maximum absolute atomic E-state index is 12.9. The lowest BCUT2D eigenvalue weighted by atomic mass is 10.2. The minimum absolute atomic E-state index is 0.0803. The molecule has 1 atom stereocenters. The molecule has 3 aromatic rings. The van der Waals surface area contributed by atoms with Gasteiger partial charge in [-0.15, -0.1) is 0 Å². The molecule has 0 aliphatic carbocycles. The summed E-state index contributed by atoms with van der Waals surface area (Å²) in [5.74, 6) is 1.09. The first-order chi connectivity index (χ1) is 14.1. The van der Waals surface area contributed by atoms with Crippen LogP contribution in [0.2, 0.25) is 0 Å². The molecule has 0 saturated carbocycles. The molecule has 29 heavy (non-hydrogen) atoms. The second-order valence-corrected chi connectivity index (χ2v) is 7.99. The molecule has 0 unspecified atom stereocenters. The van der Waals surface area contributed by atoms with Gasteiger partial charge in [-0.2, -0.15) is 0 Å². The van der Waals surface area contributed by atoms with Gasteiger partial charge < -0.3 is 14.8 Å². The van der Waals surface area contributed by atoms with Gasteiger partial charge in [-0.3, -0.25) is 14.2 Å². The maximum atomic E-state index is 12.9. The third-order valence-corrected chi connectivity index (χ3v) is 5.66. The Balaban J connectivity index is 1.56. The Labute approximate surface area is 172 Å². The van der Waals surface area contributed by atoms with E-state index >= 15 is 0 Å². The first-order valence-corrected chi connectivity index (χ1v) is 10.3. The van der Waals surface area contributed by atoms with E-state index in [0.717, 1.165) is 6.42 Å². The summed E-state index contributed by atoms with van der Waals surface area (Å²) in [7, 11) is 0. The highest BCUT2D eigenvalue weighted by Gasteiger charge is 2.20. The average molecular weight is 411 g/mol. The van der Waals surface area contributed by atoms with Crippen molar-refractivity contribution in [3.8, 4) is 11.5 Å². The van der Waals surface area contributed by atoms with Gasteiger partial charge >= 0.3 is 0 Å². The van der Waals surface area contributed by atoms with Gasteiger partial charge in [-0.1, -0.05) is 30.8 Å². The van der Waals surface area contributed by atoms with Crippen LogP contribution in [0.1, 0.15) is 20.3 Å². The standard InChI is InChI=1S/C21H21N3O4S/c1-3-10-24-20(26)15-6-4-5-7-16(15)23-21(24)29-13(2)19(25)22-14-8-9-17-18(11-14)28-12-27-17/h4-9,11,13H,3,10,12H2,1-2H3,(H,22,25)/t13-/m0/s1. The van der Waals surface area contributed by atoms with Crippen molar-refractivity contribution in [3.63, 3.8) is 0 Å². The van der Waals surface area contributed by atoms with Gasteiger partial charge in [0.25, 0.3) is 5.56 Å². The molecule has 7 nitrogen and oxygen atoms in total. The summed E-state index contributed by atoms with van der Waals surface area (Å²) in [6.45, 7) is 4.54. The predicted molar refractivity (Wildman–Crippen MR) is 113 cm³/mol. The Bertz CT molecular complexity index is 1130. The minimum Gasteiger partial charge on any atom is -0.454 e. The van der Waals surface area contributed by atoms with Crippen molar-refractivity contribution in [2.24, 2.45) is 0 Å². The maximum Gasteiger partial charge on any atom is 0.262 e. The van der Waals surface area contributed by atoms with Crippen LogP contribution >= 0.6 is 11.8 Å². The van der Waals surface area contributed by atoms with Crippen LogP contribution in [0.5, 0.6) is 11.5 Å². The van der Waals surface area contributed by atoms with E-state index < -0.39 is 5.25 Å². The van der Waals surface area contributed by atoms with Gasteiger partial charge in [0.2, 0.25) is 12.7 Å². The molecule has 1 amide bonds. The molecular weight excluding hydrogens is 390 g/mol. The van der Waals surface area contributed by atoms with Gasteiger partial charge in [-0.05, 0) is 37.6 Å². The number of carbonyl (C=O) groups is 1. The highest BCUT2D eigenvalue weighted by Crippen LogP contribution is 2.34. The van der Waals surface area contributed by atoms with Gasteiger partial charge in [-0.25, -0.2) is 4.98 Å². The first kappa shape index (κ1) is 19.3. The molecule has 0 radical (unpaired) electrons. The number of benzene rings is 2.